The van der Waals surface area contributed by atoms with Crippen LogP contribution >= 0.6 is 0 Å². The summed E-state index contributed by atoms with van der Waals surface area (Å²) in [6, 6.07) is 0. The van der Waals surface area contributed by atoms with Gasteiger partial charge >= 0.3 is 0 Å². The highest BCUT2D eigenvalue weighted by Crippen LogP contribution is 2.36. The quantitative estimate of drug-likeness (QED) is 0.615. The Kier molecular flexibility index (Phi) is 4.39. The molecule has 1 aromatic heterocycles. The minimum absolute atomic E-state index is 0.130. The van der Waals surface area contributed by atoms with E-state index in [-0.39, 0.29) is 16.5 Å². The molecule has 1 aliphatic rings. The van der Waals surface area contributed by atoms with Crippen molar-refractivity contribution < 1.29 is 12.8 Å². The average molecular weight is 331 g/mol. The number of sulfone groups is 1. The summed E-state index contributed by atoms with van der Waals surface area (Å²) in [5, 5.41) is 4.51. The third kappa shape index (κ3) is 3.76. The lowest BCUT2D eigenvalue weighted by Gasteiger charge is -2.36. The Hall–Kier alpha value is -0.663. The van der Waals surface area contributed by atoms with Crippen molar-refractivity contribution in [3.63, 3.8) is 0 Å². The van der Waals surface area contributed by atoms with E-state index in [0.717, 1.165) is 24.2 Å². The molecule has 1 aliphatic heterocycles. The Morgan fingerprint density at radius 3 is 2.62 bits per heavy atom. The summed E-state index contributed by atoms with van der Waals surface area (Å²) >= 11 is 0. The molecule has 0 spiro atoms. The molecule has 0 aromatic carbocycles. The van der Waals surface area contributed by atoms with Crippen molar-refractivity contribution >= 4 is 18.2 Å². The van der Waals surface area contributed by atoms with E-state index >= 15 is 0 Å². The van der Waals surface area contributed by atoms with E-state index in [1.165, 1.54) is 0 Å². The van der Waals surface area contributed by atoms with Crippen molar-refractivity contribution in [3.8, 4) is 0 Å². The first kappa shape index (κ1) is 16.7. The summed E-state index contributed by atoms with van der Waals surface area (Å²) < 4.78 is 31.2. The molecule has 7 heteroatoms. The molecule has 21 heavy (non-hydrogen) atoms. The fraction of sp³-hybridized carbons (Fsp3) is 0.786. The predicted octanol–water partition coefficient (Wildman–Crippen LogP) is 2.72. The van der Waals surface area contributed by atoms with E-state index in [1.807, 2.05) is 4.68 Å². The van der Waals surface area contributed by atoms with Crippen LogP contribution in [0.4, 0.5) is 0 Å². The smallest absolute Gasteiger partial charge is 0.191 e. The SMILES string of the molecule is CC(C)(C)[Si](C)(C)OCCCn1ncc2c1CS(=O)(=O)C2. The second-order valence-corrected chi connectivity index (χ2v) is 14.2. The zero-order chi connectivity index (χ0) is 15.9. The molecular formula is C14H26N2O3SSi. The Balaban J connectivity index is 1.87. The second kappa shape index (κ2) is 5.51. The summed E-state index contributed by atoms with van der Waals surface area (Å²) in [5.41, 5.74) is 1.72. The summed E-state index contributed by atoms with van der Waals surface area (Å²) in [5.74, 6) is 0.272. The van der Waals surface area contributed by atoms with Gasteiger partial charge in [0.15, 0.2) is 18.2 Å². The first-order valence-electron chi connectivity index (χ1n) is 7.40. The van der Waals surface area contributed by atoms with Gasteiger partial charge in [-0.3, -0.25) is 4.68 Å². The molecule has 5 nitrogen and oxygen atoms in total. The van der Waals surface area contributed by atoms with Crippen LogP contribution in [0, 0.1) is 0 Å². The molecule has 0 amide bonds. The van der Waals surface area contributed by atoms with Crippen LogP contribution in [0.2, 0.25) is 18.1 Å². The lowest BCUT2D eigenvalue weighted by atomic mass is 10.2. The molecule has 1 aromatic rings. The van der Waals surface area contributed by atoms with Crippen LogP contribution in [0.5, 0.6) is 0 Å². The number of rotatable bonds is 5. The molecule has 0 atom stereocenters. The average Bonchev–Trinajstić information content (AvgIpc) is 2.79. The van der Waals surface area contributed by atoms with Gasteiger partial charge in [0.05, 0.1) is 23.4 Å². The maximum atomic E-state index is 11.6. The largest absolute Gasteiger partial charge is 0.417 e. The van der Waals surface area contributed by atoms with E-state index in [9.17, 15) is 8.42 Å². The Labute approximate surface area is 128 Å². The highest BCUT2D eigenvalue weighted by Gasteiger charge is 2.36. The van der Waals surface area contributed by atoms with E-state index in [1.54, 1.807) is 6.20 Å². The third-order valence-electron chi connectivity index (χ3n) is 4.55. The Morgan fingerprint density at radius 1 is 1.33 bits per heavy atom. The standard InChI is InChI=1S/C14H26N2O3SSi/c1-14(2,3)21(4,5)19-8-6-7-16-13-11-20(17,18)10-12(13)9-15-16/h9H,6-8,10-11H2,1-5H3. The zero-order valence-corrected chi connectivity index (χ0v) is 15.5. The molecule has 0 fully saturated rings. The summed E-state index contributed by atoms with van der Waals surface area (Å²) in [6.07, 6.45) is 2.55. The van der Waals surface area contributed by atoms with E-state index in [0.29, 0.717) is 6.61 Å². The van der Waals surface area contributed by atoms with Crippen LogP contribution in [0.1, 0.15) is 38.4 Å². The van der Waals surface area contributed by atoms with Crippen LogP contribution in [-0.4, -0.2) is 33.1 Å². The van der Waals surface area contributed by atoms with Crippen LogP contribution in [0.15, 0.2) is 6.20 Å². The monoisotopic (exact) mass is 330 g/mol. The molecule has 0 aliphatic carbocycles. The molecule has 2 rings (SSSR count). The van der Waals surface area contributed by atoms with Crippen molar-refractivity contribution in [2.24, 2.45) is 0 Å². The highest BCUT2D eigenvalue weighted by atomic mass is 32.2. The normalized spacial score (nSPS) is 18.0. The van der Waals surface area contributed by atoms with Crippen LogP contribution < -0.4 is 0 Å². The molecule has 0 bridgehead atoms. The lowest BCUT2D eigenvalue weighted by molar-refractivity contribution is 0.272. The summed E-state index contributed by atoms with van der Waals surface area (Å²) in [4.78, 5) is 0. The van der Waals surface area contributed by atoms with Crippen molar-refractivity contribution in [3.05, 3.63) is 17.5 Å². The number of fused-ring (bicyclic) bond motifs is 1. The minimum Gasteiger partial charge on any atom is -0.417 e. The van der Waals surface area contributed by atoms with Crippen LogP contribution in [0.25, 0.3) is 0 Å². The molecule has 0 N–H and O–H groups in total. The van der Waals surface area contributed by atoms with E-state index < -0.39 is 18.2 Å². The van der Waals surface area contributed by atoms with Crippen molar-refractivity contribution in [2.75, 3.05) is 6.61 Å². The Morgan fingerprint density at radius 2 is 2.00 bits per heavy atom. The molecule has 0 saturated carbocycles. The topological polar surface area (TPSA) is 61.2 Å². The fourth-order valence-electron chi connectivity index (χ4n) is 2.18. The van der Waals surface area contributed by atoms with Gasteiger partial charge in [0.2, 0.25) is 0 Å². The van der Waals surface area contributed by atoms with Gasteiger partial charge in [-0.2, -0.15) is 5.10 Å². The third-order valence-corrected chi connectivity index (χ3v) is 10.6. The Bertz CT molecular complexity index is 615. The van der Waals surface area contributed by atoms with Crippen LogP contribution in [0.3, 0.4) is 0 Å². The van der Waals surface area contributed by atoms with Crippen molar-refractivity contribution in [2.45, 2.75) is 63.4 Å². The number of aromatic nitrogens is 2. The van der Waals surface area contributed by atoms with Gasteiger partial charge in [0, 0.05) is 18.7 Å². The predicted molar refractivity (Wildman–Crippen MR) is 86.3 cm³/mol. The van der Waals surface area contributed by atoms with E-state index in [4.69, 9.17) is 4.43 Å². The molecule has 2 heterocycles. The molecule has 0 unspecified atom stereocenters. The first-order valence-corrected chi connectivity index (χ1v) is 12.1. The number of hydrogen-bond donors (Lipinski definition) is 0. The summed E-state index contributed by atoms with van der Waals surface area (Å²) in [7, 11) is -4.64. The van der Waals surface area contributed by atoms with Gasteiger partial charge in [0.25, 0.3) is 0 Å². The maximum Gasteiger partial charge on any atom is 0.191 e. The van der Waals surface area contributed by atoms with Gasteiger partial charge in [-0.05, 0) is 24.6 Å². The highest BCUT2D eigenvalue weighted by molar-refractivity contribution is 7.90. The van der Waals surface area contributed by atoms with E-state index in [2.05, 4.69) is 39.0 Å². The van der Waals surface area contributed by atoms with Crippen molar-refractivity contribution in [1.82, 2.24) is 9.78 Å². The van der Waals surface area contributed by atoms with Gasteiger partial charge in [-0.15, -0.1) is 0 Å². The summed E-state index contributed by atoms with van der Waals surface area (Å²) in [6.45, 7) is 12.6. The number of hydrogen-bond acceptors (Lipinski definition) is 4. The maximum absolute atomic E-state index is 11.6. The lowest BCUT2D eigenvalue weighted by Crippen LogP contribution is -2.41. The molecular weight excluding hydrogens is 304 g/mol. The van der Waals surface area contributed by atoms with Gasteiger partial charge < -0.3 is 4.43 Å². The van der Waals surface area contributed by atoms with Crippen molar-refractivity contribution in [1.29, 1.82) is 0 Å². The van der Waals surface area contributed by atoms with Gasteiger partial charge in [-0.1, -0.05) is 20.8 Å². The molecule has 120 valence electrons. The first-order chi connectivity index (χ1) is 9.52. The zero-order valence-electron chi connectivity index (χ0n) is 13.6. The molecule has 0 radical (unpaired) electrons. The van der Waals surface area contributed by atoms with Crippen LogP contribution in [-0.2, 0) is 32.3 Å². The number of aryl methyl sites for hydroxylation is 1. The molecule has 0 saturated heterocycles. The minimum atomic E-state index is -2.94. The second-order valence-electron chi connectivity index (χ2n) is 7.33. The van der Waals surface area contributed by atoms with Gasteiger partial charge in [-0.25, -0.2) is 8.42 Å². The fourth-order valence-corrected chi connectivity index (χ4v) is 4.84. The number of nitrogens with zero attached hydrogens (tertiary/aromatic N) is 2. The van der Waals surface area contributed by atoms with Gasteiger partial charge in [0.1, 0.15) is 0 Å².